The highest BCUT2D eigenvalue weighted by atomic mass is 32.2. The third kappa shape index (κ3) is 1.35. The van der Waals surface area contributed by atoms with Gasteiger partial charge in [-0.15, -0.1) is 11.8 Å². The molecule has 2 aromatic rings. The summed E-state index contributed by atoms with van der Waals surface area (Å²) in [5.41, 5.74) is 8.68. The lowest BCUT2D eigenvalue weighted by Gasteiger charge is -2.16. The Kier molecular flexibility index (Phi) is 1.85. The van der Waals surface area contributed by atoms with E-state index in [1.165, 1.54) is 0 Å². The van der Waals surface area contributed by atoms with Crippen LogP contribution >= 0.6 is 11.8 Å². The highest BCUT2D eigenvalue weighted by Crippen LogP contribution is 2.38. The normalized spacial score (nSPS) is 13.1. The molecule has 0 saturated heterocycles. The average Bonchev–Trinajstić information content (AvgIpc) is 2.29. The van der Waals surface area contributed by atoms with Gasteiger partial charge < -0.3 is 5.73 Å². The molecule has 0 aromatic carbocycles. The number of thioether (sulfide) groups is 1. The van der Waals surface area contributed by atoms with E-state index in [0.29, 0.717) is 5.95 Å². The van der Waals surface area contributed by atoms with E-state index in [-0.39, 0.29) is 0 Å². The molecule has 0 saturated carbocycles. The Morgan fingerprint density at radius 3 is 3.20 bits per heavy atom. The van der Waals surface area contributed by atoms with E-state index < -0.39 is 0 Å². The number of hydrogen-bond donors (Lipinski definition) is 1. The van der Waals surface area contributed by atoms with E-state index >= 15 is 0 Å². The molecule has 4 nitrogen and oxygen atoms in total. The van der Waals surface area contributed by atoms with Crippen molar-refractivity contribution >= 4 is 17.7 Å². The van der Waals surface area contributed by atoms with Crippen LogP contribution in [0.5, 0.6) is 0 Å². The lowest BCUT2D eigenvalue weighted by atomic mass is 10.1. The zero-order valence-electron chi connectivity index (χ0n) is 7.84. The summed E-state index contributed by atoms with van der Waals surface area (Å²) in [5, 5.41) is 1.02. The Morgan fingerprint density at radius 2 is 2.27 bits per heavy atom. The molecule has 2 aromatic heterocycles. The van der Waals surface area contributed by atoms with Gasteiger partial charge in [0.2, 0.25) is 5.95 Å². The third-order valence-corrected chi connectivity index (χ3v) is 3.33. The molecule has 0 amide bonds. The van der Waals surface area contributed by atoms with E-state index in [1.54, 1.807) is 24.2 Å². The molecule has 3 rings (SSSR count). The van der Waals surface area contributed by atoms with Gasteiger partial charge in [0.1, 0.15) is 5.03 Å². The number of fused-ring (bicyclic) bond motifs is 3. The van der Waals surface area contributed by atoms with Crippen LogP contribution in [0, 0.1) is 0 Å². The summed E-state index contributed by atoms with van der Waals surface area (Å²) in [6, 6.07) is 3.92. The van der Waals surface area contributed by atoms with Gasteiger partial charge >= 0.3 is 0 Å². The molecule has 1 aliphatic rings. The van der Waals surface area contributed by atoms with Gasteiger partial charge in [-0.25, -0.2) is 15.0 Å². The lowest BCUT2D eigenvalue weighted by molar-refractivity contribution is 1.07. The highest BCUT2D eigenvalue weighted by molar-refractivity contribution is 7.98. The van der Waals surface area contributed by atoms with Gasteiger partial charge in [0, 0.05) is 29.3 Å². The Morgan fingerprint density at radius 1 is 1.33 bits per heavy atom. The zero-order chi connectivity index (χ0) is 10.3. The molecule has 1 aliphatic heterocycles. The van der Waals surface area contributed by atoms with E-state index in [1.807, 2.05) is 12.1 Å². The number of anilines is 1. The van der Waals surface area contributed by atoms with E-state index in [9.17, 15) is 0 Å². The average molecular weight is 216 g/mol. The van der Waals surface area contributed by atoms with Crippen molar-refractivity contribution in [3.8, 4) is 11.3 Å². The Labute approximate surface area is 91.0 Å². The van der Waals surface area contributed by atoms with Crippen molar-refractivity contribution < 1.29 is 0 Å². The number of aromatic nitrogens is 3. The smallest absolute Gasteiger partial charge is 0.220 e. The molecule has 5 heteroatoms. The lowest BCUT2D eigenvalue weighted by Crippen LogP contribution is -2.04. The molecule has 15 heavy (non-hydrogen) atoms. The van der Waals surface area contributed by atoms with Crippen molar-refractivity contribution in [2.75, 3.05) is 5.73 Å². The number of rotatable bonds is 0. The minimum Gasteiger partial charge on any atom is -0.368 e. The summed E-state index contributed by atoms with van der Waals surface area (Å²) in [5.74, 6) is 1.18. The van der Waals surface area contributed by atoms with Crippen LogP contribution in [-0.4, -0.2) is 15.0 Å². The molecule has 0 bridgehead atoms. The second kappa shape index (κ2) is 3.20. The summed E-state index contributed by atoms with van der Waals surface area (Å²) in [7, 11) is 0. The van der Waals surface area contributed by atoms with E-state index in [4.69, 9.17) is 5.73 Å². The number of pyridine rings is 1. The van der Waals surface area contributed by atoms with Crippen LogP contribution in [0.15, 0.2) is 29.6 Å². The molecular weight excluding hydrogens is 208 g/mol. The minimum absolute atomic E-state index is 0.315. The largest absolute Gasteiger partial charge is 0.368 e. The predicted octanol–water partition coefficient (Wildman–Crippen LogP) is 1.73. The molecule has 0 unspecified atom stereocenters. The summed E-state index contributed by atoms with van der Waals surface area (Å²) in [6.45, 7) is 0. The first kappa shape index (κ1) is 8.67. The number of nitrogens with zero attached hydrogens (tertiary/aromatic N) is 3. The number of nitrogens with two attached hydrogens (primary N) is 1. The van der Waals surface area contributed by atoms with Crippen molar-refractivity contribution in [3.05, 3.63) is 30.1 Å². The van der Waals surface area contributed by atoms with Crippen molar-refractivity contribution in [1.82, 2.24) is 15.0 Å². The first-order valence-corrected chi connectivity index (χ1v) is 5.53. The molecule has 3 heterocycles. The van der Waals surface area contributed by atoms with Crippen LogP contribution in [0.25, 0.3) is 11.3 Å². The van der Waals surface area contributed by atoms with Crippen LogP contribution < -0.4 is 5.73 Å². The second-order valence-corrected chi connectivity index (χ2v) is 4.21. The number of nitrogen functional groups attached to an aromatic ring is 1. The Hall–Kier alpha value is -1.62. The zero-order valence-corrected chi connectivity index (χ0v) is 8.66. The number of hydrogen-bond acceptors (Lipinski definition) is 5. The van der Waals surface area contributed by atoms with E-state index in [0.717, 1.165) is 27.6 Å². The summed E-state index contributed by atoms with van der Waals surface area (Å²) >= 11 is 1.71. The summed E-state index contributed by atoms with van der Waals surface area (Å²) < 4.78 is 0. The fraction of sp³-hybridized carbons (Fsp3) is 0.100. The summed E-state index contributed by atoms with van der Waals surface area (Å²) in [6.07, 6.45) is 3.59. The Balaban J connectivity index is 2.28. The van der Waals surface area contributed by atoms with Crippen molar-refractivity contribution in [2.24, 2.45) is 0 Å². The third-order valence-electron chi connectivity index (χ3n) is 2.27. The van der Waals surface area contributed by atoms with Gasteiger partial charge in [0.05, 0.1) is 5.69 Å². The van der Waals surface area contributed by atoms with Gasteiger partial charge in [-0.2, -0.15) is 0 Å². The predicted molar refractivity (Wildman–Crippen MR) is 59.2 cm³/mol. The molecule has 0 aliphatic carbocycles. The van der Waals surface area contributed by atoms with Crippen molar-refractivity contribution in [2.45, 2.75) is 10.8 Å². The van der Waals surface area contributed by atoms with Crippen molar-refractivity contribution in [3.63, 3.8) is 0 Å². The standard InChI is InChI=1S/C10H8N4S/c11-10-13-4-6-5-15-9-7(8(6)14-10)2-1-3-12-9/h1-4H,5H2,(H2,11,13,14). The van der Waals surface area contributed by atoms with Gasteiger partial charge in [-0.3, -0.25) is 0 Å². The first-order chi connectivity index (χ1) is 7.34. The van der Waals surface area contributed by atoms with Gasteiger partial charge in [0.15, 0.2) is 0 Å². The Bertz CT molecular complexity index is 527. The van der Waals surface area contributed by atoms with Crippen LogP contribution in [0.3, 0.4) is 0 Å². The molecule has 2 N–H and O–H groups in total. The van der Waals surface area contributed by atoms with Crippen molar-refractivity contribution in [1.29, 1.82) is 0 Å². The highest BCUT2D eigenvalue weighted by Gasteiger charge is 2.18. The SMILES string of the molecule is Nc1ncc2c(n1)-c1cccnc1SC2. The quantitative estimate of drug-likeness (QED) is 0.726. The van der Waals surface area contributed by atoms with Crippen LogP contribution in [0.1, 0.15) is 5.56 Å². The second-order valence-electron chi connectivity index (χ2n) is 3.25. The van der Waals surface area contributed by atoms with Crippen LogP contribution in [0.2, 0.25) is 0 Å². The molecular formula is C10H8N4S. The first-order valence-electron chi connectivity index (χ1n) is 4.54. The van der Waals surface area contributed by atoms with Crippen LogP contribution in [-0.2, 0) is 5.75 Å². The van der Waals surface area contributed by atoms with Gasteiger partial charge in [-0.05, 0) is 12.1 Å². The maximum Gasteiger partial charge on any atom is 0.220 e. The maximum absolute atomic E-state index is 5.59. The molecule has 0 atom stereocenters. The fourth-order valence-electron chi connectivity index (χ4n) is 1.59. The van der Waals surface area contributed by atoms with Gasteiger partial charge in [-0.1, -0.05) is 0 Å². The van der Waals surface area contributed by atoms with Crippen LogP contribution in [0.4, 0.5) is 5.95 Å². The van der Waals surface area contributed by atoms with Gasteiger partial charge in [0.25, 0.3) is 0 Å². The summed E-state index contributed by atoms with van der Waals surface area (Å²) in [4.78, 5) is 12.6. The molecule has 0 fully saturated rings. The monoisotopic (exact) mass is 216 g/mol. The molecule has 0 spiro atoms. The topological polar surface area (TPSA) is 64.7 Å². The fourth-order valence-corrected chi connectivity index (χ4v) is 2.55. The minimum atomic E-state index is 0.315. The maximum atomic E-state index is 5.59. The molecule has 74 valence electrons. The molecule has 0 radical (unpaired) electrons. The van der Waals surface area contributed by atoms with E-state index in [2.05, 4.69) is 15.0 Å².